The van der Waals surface area contributed by atoms with E-state index in [0.29, 0.717) is 18.2 Å². The fraction of sp³-hybridized carbons (Fsp3) is 0.500. The van der Waals surface area contributed by atoms with Gasteiger partial charge in [-0.3, -0.25) is 9.89 Å². The first-order valence-corrected chi connectivity index (χ1v) is 8.87. The molecule has 2 N–H and O–H groups in total. The number of hydrogen-bond donors (Lipinski definition) is 2. The molecule has 2 heterocycles. The monoisotopic (exact) mass is 324 g/mol. The van der Waals surface area contributed by atoms with Crippen molar-refractivity contribution in [2.24, 2.45) is 4.99 Å². The van der Waals surface area contributed by atoms with Gasteiger partial charge in [0.2, 0.25) is 5.96 Å². The molecule has 120 valence electrons. The van der Waals surface area contributed by atoms with Gasteiger partial charge >= 0.3 is 0 Å². The molecule has 0 aromatic heterocycles. The van der Waals surface area contributed by atoms with Crippen LogP contribution in [0.5, 0.6) is 0 Å². The molecule has 0 aliphatic carbocycles. The number of guanidine groups is 1. The van der Waals surface area contributed by atoms with Gasteiger partial charge in [-0.05, 0) is 18.6 Å². The first-order chi connectivity index (χ1) is 10.6. The molecular weight excluding hydrogens is 304 g/mol. The molecule has 0 amide bonds. The van der Waals surface area contributed by atoms with Crippen LogP contribution >= 0.6 is 0 Å². The highest BCUT2D eigenvalue weighted by molar-refractivity contribution is 7.90. The number of sulfonamides is 1. The van der Waals surface area contributed by atoms with Crippen LogP contribution in [0.1, 0.15) is 6.42 Å². The summed E-state index contributed by atoms with van der Waals surface area (Å²) >= 11 is 0. The van der Waals surface area contributed by atoms with Crippen molar-refractivity contribution in [3.8, 4) is 0 Å². The molecule has 0 saturated carbocycles. The summed E-state index contributed by atoms with van der Waals surface area (Å²) in [5.74, 6) is 0.292. The van der Waals surface area contributed by atoms with Gasteiger partial charge in [-0.15, -0.1) is 0 Å². The summed E-state index contributed by atoms with van der Waals surface area (Å²) in [5, 5.41) is 3.02. The number of para-hydroxylation sites is 1. The van der Waals surface area contributed by atoms with E-state index in [4.69, 9.17) is 4.74 Å². The third-order valence-corrected chi connectivity index (χ3v) is 5.06. The number of nitrogens with one attached hydrogen (secondary N) is 2. The molecule has 0 spiro atoms. The number of hydrogen-bond acceptors (Lipinski definition) is 5. The molecular formula is C14H20N4O3S. The Morgan fingerprint density at radius 1 is 1.23 bits per heavy atom. The molecule has 1 aromatic carbocycles. The quantitative estimate of drug-likeness (QED) is 0.787. The van der Waals surface area contributed by atoms with E-state index in [1.807, 2.05) is 0 Å². The topological polar surface area (TPSA) is 83.0 Å². The van der Waals surface area contributed by atoms with Gasteiger partial charge in [-0.25, -0.2) is 13.1 Å². The average Bonchev–Trinajstić information content (AvgIpc) is 2.52. The summed E-state index contributed by atoms with van der Waals surface area (Å²) in [6.45, 7) is 5.00. The maximum absolute atomic E-state index is 12.1. The van der Waals surface area contributed by atoms with Gasteiger partial charge < -0.3 is 10.1 Å². The SMILES string of the molecule is O=S1(=O)NC(=NCCCN2CCOCC2)Nc2ccccc21. The number of aliphatic imine (C=N–C) groups is 1. The van der Waals surface area contributed by atoms with Crippen LogP contribution in [-0.2, 0) is 14.8 Å². The van der Waals surface area contributed by atoms with Gasteiger partial charge in [0.1, 0.15) is 4.90 Å². The number of morpholine rings is 1. The highest BCUT2D eigenvalue weighted by Gasteiger charge is 2.25. The van der Waals surface area contributed by atoms with Gasteiger partial charge in [0, 0.05) is 26.2 Å². The Bertz CT molecular complexity index is 654. The fourth-order valence-corrected chi connectivity index (χ4v) is 3.67. The lowest BCUT2D eigenvalue weighted by molar-refractivity contribution is 0.0377. The Balaban J connectivity index is 1.57. The highest BCUT2D eigenvalue weighted by atomic mass is 32.2. The molecule has 1 fully saturated rings. The summed E-state index contributed by atoms with van der Waals surface area (Å²) < 4.78 is 32.0. The Labute approximate surface area is 130 Å². The molecule has 2 aliphatic heterocycles. The minimum atomic E-state index is -3.52. The largest absolute Gasteiger partial charge is 0.379 e. The predicted molar refractivity (Wildman–Crippen MR) is 84.6 cm³/mol. The minimum absolute atomic E-state index is 0.252. The Morgan fingerprint density at radius 2 is 2.00 bits per heavy atom. The smallest absolute Gasteiger partial charge is 0.266 e. The van der Waals surface area contributed by atoms with Crippen LogP contribution in [0.3, 0.4) is 0 Å². The average molecular weight is 324 g/mol. The molecule has 1 aromatic rings. The zero-order chi connectivity index (χ0) is 15.4. The van der Waals surface area contributed by atoms with E-state index in [-0.39, 0.29) is 4.90 Å². The molecule has 3 rings (SSSR count). The zero-order valence-electron chi connectivity index (χ0n) is 12.3. The molecule has 2 aliphatic rings. The molecule has 1 saturated heterocycles. The lowest BCUT2D eigenvalue weighted by Gasteiger charge is -2.26. The minimum Gasteiger partial charge on any atom is -0.379 e. The Hall–Kier alpha value is -1.64. The van der Waals surface area contributed by atoms with Crippen molar-refractivity contribution in [3.63, 3.8) is 0 Å². The van der Waals surface area contributed by atoms with Gasteiger partial charge in [0.05, 0.1) is 18.9 Å². The molecule has 8 heteroatoms. The summed E-state index contributed by atoms with van der Waals surface area (Å²) in [6.07, 6.45) is 0.883. The van der Waals surface area contributed by atoms with Crippen molar-refractivity contribution in [1.29, 1.82) is 0 Å². The second-order valence-corrected chi connectivity index (χ2v) is 6.92. The number of fused-ring (bicyclic) bond motifs is 1. The number of ether oxygens (including phenoxy) is 1. The molecule has 0 unspecified atom stereocenters. The zero-order valence-corrected chi connectivity index (χ0v) is 13.1. The Kier molecular flexibility index (Phi) is 4.60. The van der Waals surface area contributed by atoms with E-state index in [1.54, 1.807) is 24.3 Å². The first-order valence-electron chi connectivity index (χ1n) is 7.38. The van der Waals surface area contributed by atoms with Crippen LogP contribution < -0.4 is 10.0 Å². The van der Waals surface area contributed by atoms with Crippen LogP contribution in [-0.4, -0.2) is 58.7 Å². The normalized spacial score (nSPS) is 22.6. The van der Waals surface area contributed by atoms with Gasteiger partial charge in [-0.1, -0.05) is 12.1 Å². The van der Waals surface area contributed by atoms with Crippen molar-refractivity contribution in [2.45, 2.75) is 11.3 Å². The van der Waals surface area contributed by atoms with Gasteiger partial charge in [-0.2, -0.15) is 0 Å². The third-order valence-electron chi connectivity index (χ3n) is 3.67. The number of benzene rings is 1. The van der Waals surface area contributed by atoms with E-state index in [0.717, 1.165) is 39.3 Å². The number of rotatable bonds is 4. The molecule has 0 atom stereocenters. The van der Waals surface area contributed by atoms with Crippen LogP contribution in [0.4, 0.5) is 5.69 Å². The van der Waals surface area contributed by atoms with Crippen molar-refractivity contribution in [2.75, 3.05) is 44.7 Å². The summed E-state index contributed by atoms with van der Waals surface area (Å²) in [6, 6.07) is 6.80. The molecule has 0 bridgehead atoms. The molecule has 7 nitrogen and oxygen atoms in total. The predicted octanol–water partition coefficient (Wildman–Crippen LogP) is 0.469. The maximum atomic E-state index is 12.1. The van der Waals surface area contributed by atoms with Crippen molar-refractivity contribution < 1.29 is 13.2 Å². The summed E-state index contributed by atoms with van der Waals surface area (Å²) in [5.41, 5.74) is 0.563. The maximum Gasteiger partial charge on any atom is 0.266 e. The highest BCUT2D eigenvalue weighted by Crippen LogP contribution is 2.23. The second-order valence-electron chi connectivity index (χ2n) is 5.26. The van der Waals surface area contributed by atoms with E-state index in [2.05, 4.69) is 19.9 Å². The molecule has 0 radical (unpaired) electrons. The third kappa shape index (κ3) is 3.57. The van der Waals surface area contributed by atoms with E-state index in [1.165, 1.54) is 0 Å². The lowest BCUT2D eigenvalue weighted by atomic mass is 10.3. The Morgan fingerprint density at radius 3 is 2.82 bits per heavy atom. The summed E-state index contributed by atoms with van der Waals surface area (Å²) in [7, 11) is -3.52. The van der Waals surface area contributed by atoms with Crippen LogP contribution in [0.15, 0.2) is 34.2 Å². The van der Waals surface area contributed by atoms with Crippen LogP contribution in [0.25, 0.3) is 0 Å². The van der Waals surface area contributed by atoms with Crippen LogP contribution in [0.2, 0.25) is 0 Å². The van der Waals surface area contributed by atoms with Crippen LogP contribution in [0, 0.1) is 0 Å². The van der Waals surface area contributed by atoms with Crippen molar-refractivity contribution >= 4 is 21.7 Å². The van der Waals surface area contributed by atoms with Crippen molar-refractivity contribution in [1.82, 2.24) is 9.62 Å². The lowest BCUT2D eigenvalue weighted by Crippen LogP contribution is -2.41. The van der Waals surface area contributed by atoms with E-state index < -0.39 is 10.0 Å². The van der Waals surface area contributed by atoms with Gasteiger partial charge in [0.25, 0.3) is 10.0 Å². The number of nitrogens with zero attached hydrogens (tertiary/aromatic N) is 2. The standard InChI is InChI=1S/C14H20N4O3S/c19-22(20)13-5-2-1-4-12(13)16-14(17-22)15-6-3-7-18-8-10-21-11-9-18/h1-2,4-5H,3,6-11H2,(H2,15,16,17). The number of anilines is 1. The van der Waals surface area contributed by atoms with E-state index >= 15 is 0 Å². The van der Waals surface area contributed by atoms with E-state index in [9.17, 15) is 8.42 Å². The van der Waals surface area contributed by atoms with Crippen molar-refractivity contribution in [3.05, 3.63) is 24.3 Å². The van der Waals surface area contributed by atoms with Gasteiger partial charge in [0.15, 0.2) is 0 Å². The summed E-state index contributed by atoms with van der Waals surface area (Å²) in [4.78, 5) is 6.90. The fourth-order valence-electron chi connectivity index (χ4n) is 2.52. The first kappa shape index (κ1) is 15.3. The second kappa shape index (κ2) is 6.64. The molecule has 22 heavy (non-hydrogen) atoms.